The van der Waals surface area contributed by atoms with Gasteiger partial charge in [-0.2, -0.15) is 0 Å². The van der Waals surface area contributed by atoms with E-state index in [1.807, 2.05) is 0 Å². The fourth-order valence-electron chi connectivity index (χ4n) is 1.71. The molecule has 0 bridgehead atoms. The number of nitrogens with two attached hydrogens (primary N) is 1. The summed E-state index contributed by atoms with van der Waals surface area (Å²) in [6.07, 6.45) is 1.01. The number of rotatable bonds is 6. The van der Waals surface area contributed by atoms with Gasteiger partial charge < -0.3 is 11.1 Å². The van der Waals surface area contributed by atoms with Crippen molar-refractivity contribution in [3.05, 3.63) is 35.4 Å². The van der Waals surface area contributed by atoms with Crippen LogP contribution in [0.1, 0.15) is 27.1 Å². The lowest BCUT2D eigenvalue weighted by Gasteiger charge is -2.15. The second-order valence-corrected chi connectivity index (χ2v) is 11.5. The normalized spacial score (nSPS) is 11.1. The van der Waals surface area contributed by atoms with Crippen molar-refractivity contribution in [3.8, 4) is 0 Å². The van der Waals surface area contributed by atoms with Gasteiger partial charge in [-0.15, -0.1) is 0 Å². The van der Waals surface area contributed by atoms with Gasteiger partial charge in [0.05, 0.1) is 0 Å². The van der Waals surface area contributed by atoms with Gasteiger partial charge in [-0.3, -0.25) is 9.59 Å². The van der Waals surface area contributed by atoms with Crippen LogP contribution < -0.4 is 11.1 Å². The number of carbonyl (C=O) groups excluding carboxylic acids is 2. The lowest BCUT2D eigenvalue weighted by atomic mass is 10.1. The van der Waals surface area contributed by atoms with Gasteiger partial charge in [0.2, 0.25) is 5.91 Å². The van der Waals surface area contributed by atoms with Crippen molar-refractivity contribution in [3.63, 3.8) is 0 Å². The molecule has 3 N–H and O–H groups in total. The molecule has 0 fully saturated rings. The molecule has 2 amide bonds. The fraction of sp³-hybridized carbons (Fsp3) is 0.429. The van der Waals surface area contributed by atoms with Gasteiger partial charge in [0.25, 0.3) is 5.91 Å². The van der Waals surface area contributed by atoms with Crippen LogP contribution in [0.25, 0.3) is 0 Å². The highest BCUT2D eigenvalue weighted by Gasteiger charge is 2.12. The summed E-state index contributed by atoms with van der Waals surface area (Å²) >= 11 is 0. The monoisotopic (exact) mass is 278 g/mol. The van der Waals surface area contributed by atoms with E-state index >= 15 is 0 Å². The molecule has 0 unspecified atom stereocenters. The van der Waals surface area contributed by atoms with E-state index in [0.717, 1.165) is 6.42 Å². The van der Waals surface area contributed by atoms with E-state index in [1.54, 1.807) is 24.3 Å². The lowest BCUT2D eigenvalue weighted by Crippen LogP contribution is -2.27. The van der Waals surface area contributed by atoms with E-state index in [2.05, 4.69) is 25.0 Å². The molecule has 19 heavy (non-hydrogen) atoms. The van der Waals surface area contributed by atoms with E-state index in [9.17, 15) is 9.59 Å². The lowest BCUT2D eigenvalue weighted by molar-refractivity contribution is 0.0951. The van der Waals surface area contributed by atoms with E-state index < -0.39 is 14.0 Å². The summed E-state index contributed by atoms with van der Waals surface area (Å²) < 4.78 is 0. The first-order chi connectivity index (χ1) is 8.79. The summed E-state index contributed by atoms with van der Waals surface area (Å²) in [5.41, 5.74) is 6.11. The van der Waals surface area contributed by atoms with E-state index in [-0.39, 0.29) is 5.91 Å². The Morgan fingerprint density at radius 2 is 1.63 bits per heavy atom. The zero-order valence-electron chi connectivity index (χ0n) is 11.8. The van der Waals surface area contributed by atoms with Crippen molar-refractivity contribution in [2.24, 2.45) is 5.73 Å². The highest BCUT2D eigenvalue weighted by atomic mass is 28.3. The van der Waals surface area contributed by atoms with Crippen LogP contribution in [0.2, 0.25) is 25.7 Å². The number of carbonyl (C=O) groups is 2. The van der Waals surface area contributed by atoms with Crippen molar-refractivity contribution in [1.29, 1.82) is 0 Å². The molecular weight excluding hydrogens is 256 g/mol. The number of primary amides is 1. The Morgan fingerprint density at radius 3 is 2.11 bits per heavy atom. The predicted molar refractivity (Wildman–Crippen MR) is 80.1 cm³/mol. The first-order valence-corrected chi connectivity index (χ1v) is 10.2. The smallest absolute Gasteiger partial charge is 0.251 e. The largest absolute Gasteiger partial charge is 0.366 e. The van der Waals surface area contributed by atoms with Crippen molar-refractivity contribution in [1.82, 2.24) is 5.32 Å². The van der Waals surface area contributed by atoms with E-state index in [1.165, 1.54) is 6.04 Å². The van der Waals surface area contributed by atoms with Crippen LogP contribution >= 0.6 is 0 Å². The molecular formula is C14H22N2O2Si. The summed E-state index contributed by atoms with van der Waals surface area (Å²) in [6.45, 7) is 7.65. The quantitative estimate of drug-likeness (QED) is 0.619. The molecule has 1 rings (SSSR count). The van der Waals surface area contributed by atoms with Crippen molar-refractivity contribution in [2.45, 2.75) is 32.1 Å². The molecule has 0 heterocycles. The topological polar surface area (TPSA) is 72.2 Å². The average Bonchev–Trinajstić information content (AvgIpc) is 2.33. The van der Waals surface area contributed by atoms with Gasteiger partial charge in [-0.25, -0.2) is 0 Å². The number of hydrogen-bond donors (Lipinski definition) is 2. The zero-order chi connectivity index (χ0) is 14.5. The molecule has 5 heteroatoms. The van der Waals surface area contributed by atoms with Gasteiger partial charge >= 0.3 is 0 Å². The maximum absolute atomic E-state index is 11.8. The molecule has 0 aliphatic rings. The predicted octanol–water partition coefficient (Wildman–Crippen LogP) is 2.24. The van der Waals surface area contributed by atoms with Crippen LogP contribution in [-0.2, 0) is 0 Å². The second kappa shape index (κ2) is 6.52. The Kier molecular flexibility index (Phi) is 5.29. The molecule has 0 saturated heterocycles. The molecule has 0 spiro atoms. The van der Waals surface area contributed by atoms with Crippen LogP contribution in [0, 0.1) is 0 Å². The van der Waals surface area contributed by atoms with Gasteiger partial charge in [-0.1, -0.05) is 25.7 Å². The number of amides is 2. The van der Waals surface area contributed by atoms with Gasteiger partial charge in [0, 0.05) is 25.7 Å². The SMILES string of the molecule is C[Si](C)(C)CCCNC(=O)c1ccc(C(N)=O)cc1. The van der Waals surface area contributed by atoms with E-state index in [4.69, 9.17) is 5.73 Å². The first-order valence-electron chi connectivity index (χ1n) is 6.48. The maximum atomic E-state index is 11.8. The summed E-state index contributed by atoms with van der Waals surface area (Å²) in [5.74, 6) is -0.589. The van der Waals surface area contributed by atoms with Crippen LogP contribution in [0.4, 0.5) is 0 Å². The van der Waals surface area contributed by atoms with Crippen molar-refractivity contribution >= 4 is 19.9 Å². The summed E-state index contributed by atoms with van der Waals surface area (Å²) in [7, 11) is -1.03. The summed E-state index contributed by atoms with van der Waals surface area (Å²) in [5, 5.41) is 2.89. The molecule has 4 nitrogen and oxygen atoms in total. The molecule has 1 aromatic rings. The molecule has 0 saturated carbocycles. The van der Waals surface area contributed by atoms with Crippen molar-refractivity contribution in [2.75, 3.05) is 6.54 Å². The Morgan fingerprint density at radius 1 is 1.11 bits per heavy atom. The Bertz CT molecular complexity index is 450. The van der Waals surface area contributed by atoms with Crippen LogP contribution in [0.3, 0.4) is 0 Å². The molecule has 0 aliphatic heterocycles. The van der Waals surface area contributed by atoms with E-state index in [0.29, 0.717) is 17.7 Å². The third-order valence-electron chi connectivity index (χ3n) is 2.82. The van der Waals surface area contributed by atoms with Gasteiger partial charge in [-0.05, 0) is 30.7 Å². The first kappa shape index (κ1) is 15.4. The van der Waals surface area contributed by atoms with Crippen molar-refractivity contribution < 1.29 is 9.59 Å². The molecule has 1 aromatic carbocycles. The van der Waals surface area contributed by atoms with Gasteiger partial charge in [0.1, 0.15) is 0 Å². The standard InChI is InChI=1S/C14H22N2O2Si/c1-19(2,3)10-4-9-16-14(18)12-7-5-11(6-8-12)13(15)17/h5-8H,4,9-10H2,1-3H3,(H2,15,17)(H,16,18). The van der Waals surface area contributed by atoms with Crippen LogP contribution in [0.15, 0.2) is 24.3 Å². The fourth-order valence-corrected chi connectivity index (χ4v) is 2.95. The molecule has 0 atom stereocenters. The molecule has 0 aliphatic carbocycles. The number of hydrogen-bond acceptors (Lipinski definition) is 2. The number of nitrogens with one attached hydrogen (secondary N) is 1. The minimum Gasteiger partial charge on any atom is -0.366 e. The third kappa shape index (κ3) is 5.70. The summed E-state index contributed by atoms with van der Waals surface area (Å²) in [4.78, 5) is 22.7. The van der Waals surface area contributed by atoms with Crippen LogP contribution in [-0.4, -0.2) is 26.4 Å². The summed E-state index contributed by atoms with van der Waals surface area (Å²) in [6, 6.07) is 7.58. The Labute approximate surface area is 115 Å². The molecule has 0 radical (unpaired) electrons. The maximum Gasteiger partial charge on any atom is 0.251 e. The third-order valence-corrected chi connectivity index (χ3v) is 4.67. The highest BCUT2D eigenvalue weighted by Crippen LogP contribution is 2.10. The molecule has 0 aromatic heterocycles. The number of benzene rings is 1. The second-order valence-electron chi connectivity index (χ2n) is 5.86. The Hall–Kier alpha value is -1.62. The zero-order valence-corrected chi connectivity index (χ0v) is 12.8. The minimum absolute atomic E-state index is 0.105. The average molecular weight is 278 g/mol. The van der Waals surface area contributed by atoms with Gasteiger partial charge in [0.15, 0.2) is 0 Å². The minimum atomic E-state index is -1.03. The Balaban J connectivity index is 2.43. The molecule has 104 valence electrons. The van der Waals surface area contributed by atoms with Crippen LogP contribution in [0.5, 0.6) is 0 Å². The highest BCUT2D eigenvalue weighted by molar-refractivity contribution is 6.76.